The van der Waals surface area contributed by atoms with E-state index >= 15 is 0 Å². The molecule has 7 nitrogen and oxygen atoms in total. The summed E-state index contributed by atoms with van der Waals surface area (Å²) in [6, 6.07) is 4.76. The number of nitrogen functional groups attached to an aromatic ring is 1. The highest BCUT2D eigenvalue weighted by molar-refractivity contribution is 7.62. The fraction of sp³-hybridized carbons (Fsp3) is 0.154. The van der Waals surface area contributed by atoms with Crippen molar-refractivity contribution in [3.8, 4) is 0 Å². The zero-order chi connectivity index (χ0) is 16.3. The minimum Gasteiger partial charge on any atom is -0.467 e. The molecule has 116 valence electrons. The van der Waals surface area contributed by atoms with E-state index in [-0.39, 0.29) is 22.8 Å². The summed E-state index contributed by atoms with van der Waals surface area (Å²) < 4.78 is 29.4. The van der Waals surface area contributed by atoms with Gasteiger partial charge < -0.3 is 15.5 Å². The van der Waals surface area contributed by atoms with Crippen LogP contribution in [-0.2, 0) is 17.0 Å². The molecule has 3 N–H and O–H groups in total. The van der Waals surface area contributed by atoms with Crippen molar-refractivity contribution in [3.63, 3.8) is 0 Å². The first-order chi connectivity index (χ1) is 10.4. The molecular formula is C13H12ClN3O4S. The van der Waals surface area contributed by atoms with Gasteiger partial charge in [-0.15, -0.1) is 0 Å². The highest BCUT2D eigenvalue weighted by Gasteiger charge is 2.18. The van der Waals surface area contributed by atoms with Crippen molar-refractivity contribution in [3.05, 3.63) is 46.4 Å². The van der Waals surface area contributed by atoms with Crippen LogP contribution in [0.25, 0.3) is 0 Å². The summed E-state index contributed by atoms with van der Waals surface area (Å²) in [6.07, 6.45) is 1.52. The van der Waals surface area contributed by atoms with Gasteiger partial charge in [-0.3, -0.25) is 4.79 Å². The number of amides is 1. The summed E-state index contributed by atoms with van der Waals surface area (Å²) in [7, 11) is -2.85. The van der Waals surface area contributed by atoms with Crippen molar-refractivity contribution >= 4 is 39.4 Å². The fourth-order valence-corrected chi connectivity index (χ4v) is 2.30. The molecule has 22 heavy (non-hydrogen) atoms. The molecule has 1 amide bonds. The molecule has 0 fully saturated rings. The number of hydrogen-bond donors (Lipinski definition) is 2. The van der Waals surface area contributed by atoms with E-state index in [4.69, 9.17) is 21.8 Å². The van der Waals surface area contributed by atoms with Gasteiger partial charge in [0.05, 0.1) is 34.8 Å². The molecule has 1 aromatic carbocycles. The molecule has 0 radical (unpaired) electrons. The van der Waals surface area contributed by atoms with Crippen molar-refractivity contribution in [2.75, 3.05) is 11.1 Å². The van der Waals surface area contributed by atoms with Crippen molar-refractivity contribution in [1.29, 1.82) is 0 Å². The van der Waals surface area contributed by atoms with Crippen LogP contribution in [0.1, 0.15) is 21.7 Å². The van der Waals surface area contributed by atoms with Gasteiger partial charge in [0.25, 0.3) is 5.91 Å². The van der Waals surface area contributed by atoms with Gasteiger partial charge in [-0.25, -0.2) is 0 Å². The van der Waals surface area contributed by atoms with E-state index in [0.29, 0.717) is 17.0 Å². The van der Waals surface area contributed by atoms with Crippen molar-refractivity contribution < 1.29 is 17.6 Å². The normalized spacial score (nSPS) is 10.3. The Kier molecular flexibility index (Phi) is 4.84. The molecule has 9 heteroatoms. The van der Waals surface area contributed by atoms with Crippen LogP contribution in [0, 0.1) is 6.92 Å². The molecule has 0 saturated heterocycles. The number of anilines is 2. The monoisotopic (exact) mass is 341 g/mol. The standard InChI is InChI=1S/C13H12ClN3O4S/c1-7-11(14)10(15)5-9(13(18)17-22(19)20)12(7)16-6-8-3-2-4-21-8/h2-5,16H,6,15H2,1H3. The van der Waals surface area contributed by atoms with Gasteiger partial charge in [-0.05, 0) is 30.7 Å². The summed E-state index contributed by atoms with van der Waals surface area (Å²) in [4.78, 5) is 11.9. The Labute approximate surface area is 132 Å². The minimum atomic E-state index is -2.85. The van der Waals surface area contributed by atoms with Crippen LogP contribution in [0.5, 0.6) is 0 Å². The first-order valence-electron chi connectivity index (χ1n) is 6.10. The Hall–Kier alpha value is -2.32. The first kappa shape index (κ1) is 16.1. The molecule has 0 aliphatic rings. The van der Waals surface area contributed by atoms with Crippen molar-refractivity contribution in [1.82, 2.24) is 0 Å². The van der Waals surface area contributed by atoms with E-state index in [9.17, 15) is 13.2 Å². The summed E-state index contributed by atoms with van der Waals surface area (Å²) in [6.45, 7) is 1.95. The Balaban J connectivity index is 2.47. The smallest absolute Gasteiger partial charge is 0.319 e. The number of rotatable bonds is 4. The second-order valence-electron chi connectivity index (χ2n) is 4.37. The van der Waals surface area contributed by atoms with Crippen molar-refractivity contribution in [2.45, 2.75) is 13.5 Å². The van der Waals surface area contributed by atoms with E-state index in [1.807, 2.05) is 0 Å². The molecule has 0 unspecified atom stereocenters. The van der Waals surface area contributed by atoms with Gasteiger partial charge in [0, 0.05) is 0 Å². The summed E-state index contributed by atoms with van der Waals surface area (Å²) in [5.74, 6) is -0.295. The van der Waals surface area contributed by atoms with Crippen LogP contribution < -0.4 is 11.1 Å². The van der Waals surface area contributed by atoms with E-state index in [2.05, 4.69) is 9.68 Å². The van der Waals surface area contributed by atoms with Gasteiger partial charge in [0.1, 0.15) is 5.76 Å². The highest BCUT2D eigenvalue weighted by atomic mass is 35.5. The van der Waals surface area contributed by atoms with Gasteiger partial charge in [-0.2, -0.15) is 8.42 Å². The Morgan fingerprint density at radius 2 is 2.23 bits per heavy atom. The number of nitrogens with zero attached hydrogens (tertiary/aromatic N) is 1. The van der Waals surface area contributed by atoms with Crippen LogP contribution in [-0.4, -0.2) is 14.3 Å². The zero-order valence-electron chi connectivity index (χ0n) is 11.5. The number of benzene rings is 1. The lowest BCUT2D eigenvalue weighted by Crippen LogP contribution is -2.09. The number of furan rings is 1. The number of carbonyl (C=O) groups is 1. The van der Waals surface area contributed by atoms with Crippen LogP contribution in [0.15, 0.2) is 33.2 Å². The Morgan fingerprint density at radius 1 is 1.50 bits per heavy atom. The second kappa shape index (κ2) is 6.63. The highest BCUT2D eigenvalue weighted by Crippen LogP contribution is 2.33. The van der Waals surface area contributed by atoms with Gasteiger partial charge in [0.15, 0.2) is 0 Å². The maximum absolute atomic E-state index is 11.9. The average Bonchev–Trinajstić information content (AvgIpc) is 2.96. The number of nitrogens with one attached hydrogen (secondary N) is 1. The zero-order valence-corrected chi connectivity index (χ0v) is 13.0. The van der Waals surface area contributed by atoms with E-state index in [1.165, 1.54) is 12.3 Å². The molecule has 0 bridgehead atoms. The quantitative estimate of drug-likeness (QED) is 0.826. The maximum atomic E-state index is 11.9. The summed E-state index contributed by atoms with van der Waals surface area (Å²) in [5, 5.41) is 3.27. The van der Waals surface area contributed by atoms with Crippen LogP contribution in [0.4, 0.5) is 11.4 Å². The molecule has 2 rings (SSSR count). The number of carbonyl (C=O) groups excluding carboxylic acids is 1. The van der Waals surface area contributed by atoms with E-state index in [0.717, 1.165) is 0 Å². The Morgan fingerprint density at radius 3 is 2.82 bits per heavy atom. The lowest BCUT2D eigenvalue weighted by molar-refractivity contribution is 0.101. The third kappa shape index (κ3) is 3.46. The maximum Gasteiger partial charge on any atom is 0.319 e. The predicted molar refractivity (Wildman–Crippen MR) is 82.3 cm³/mol. The molecule has 1 heterocycles. The predicted octanol–water partition coefficient (Wildman–Crippen LogP) is 2.64. The molecule has 2 aromatic rings. The van der Waals surface area contributed by atoms with Crippen LogP contribution in [0.3, 0.4) is 0 Å². The van der Waals surface area contributed by atoms with Gasteiger partial charge in [-0.1, -0.05) is 16.0 Å². The van der Waals surface area contributed by atoms with Crippen LogP contribution >= 0.6 is 11.6 Å². The third-order valence-electron chi connectivity index (χ3n) is 2.93. The lowest BCUT2D eigenvalue weighted by Gasteiger charge is -2.15. The number of halogens is 1. The third-order valence-corrected chi connectivity index (χ3v) is 3.75. The summed E-state index contributed by atoms with van der Waals surface area (Å²) >= 11 is 6.07. The van der Waals surface area contributed by atoms with E-state index in [1.54, 1.807) is 19.1 Å². The first-order valence-corrected chi connectivity index (χ1v) is 7.51. The molecule has 0 spiro atoms. The van der Waals surface area contributed by atoms with E-state index < -0.39 is 16.4 Å². The molecule has 0 aliphatic carbocycles. The largest absolute Gasteiger partial charge is 0.467 e. The topological polar surface area (TPSA) is 115 Å². The average molecular weight is 342 g/mol. The van der Waals surface area contributed by atoms with Crippen molar-refractivity contribution in [2.24, 2.45) is 4.36 Å². The molecule has 0 atom stereocenters. The Bertz CT molecular complexity index is 837. The molecular weight excluding hydrogens is 330 g/mol. The molecule has 0 aliphatic heterocycles. The SMILES string of the molecule is Cc1c(Cl)c(N)cc(C(=O)N=S(=O)=O)c1NCc1ccco1. The number of nitrogens with two attached hydrogens (primary N) is 1. The van der Waals surface area contributed by atoms with Gasteiger partial charge in [0.2, 0.25) is 0 Å². The minimum absolute atomic E-state index is 0.0233. The molecule has 1 aromatic heterocycles. The summed E-state index contributed by atoms with van der Waals surface area (Å²) in [5.41, 5.74) is 6.79. The number of hydrogen-bond acceptors (Lipinski definition) is 6. The lowest BCUT2D eigenvalue weighted by atomic mass is 10.1. The second-order valence-corrected chi connectivity index (χ2v) is 5.37. The van der Waals surface area contributed by atoms with Gasteiger partial charge >= 0.3 is 10.5 Å². The van der Waals surface area contributed by atoms with Crippen LogP contribution in [0.2, 0.25) is 5.02 Å². The fourth-order valence-electron chi connectivity index (χ4n) is 1.92. The molecule has 0 saturated carbocycles.